The van der Waals surface area contributed by atoms with E-state index in [2.05, 4.69) is 9.97 Å². The summed E-state index contributed by atoms with van der Waals surface area (Å²) >= 11 is 5.79. The molecule has 1 aromatic heterocycles. The molecule has 0 saturated carbocycles. The van der Waals surface area contributed by atoms with Crippen LogP contribution in [0.2, 0.25) is 5.15 Å². The highest BCUT2D eigenvalue weighted by Gasteiger charge is 2.34. The summed E-state index contributed by atoms with van der Waals surface area (Å²) in [7, 11) is 1.42. The third-order valence-corrected chi connectivity index (χ3v) is 2.78. The molecule has 3 nitrogen and oxygen atoms in total. The maximum Gasteiger partial charge on any atom is 0.419 e. The average Bonchev–Trinajstić information content (AvgIpc) is 2.37. The van der Waals surface area contributed by atoms with Crippen LogP contribution in [0.4, 0.5) is 17.6 Å². The smallest absolute Gasteiger partial charge is 0.377 e. The van der Waals surface area contributed by atoms with Crippen molar-refractivity contribution < 1.29 is 22.3 Å². The normalized spacial score (nSPS) is 11.7. The monoisotopic (exact) mass is 320 g/mol. The van der Waals surface area contributed by atoms with E-state index in [1.165, 1.54) is 19.2 Å². The Balaban J connectivity index is 2.52. The van der Waals surface area contributed by atoms with E-state index in [1.807, 2.05) is 0 Å². The lowest BCUT2D eigenvalue weighted by atomic mass is 10.1. The summed E-state index contributed by atoms with van der Waals surface area (Å²) in [5.41, 5.74) is -1.11. The molecule has 0 aliphatic heterocycles. The molecule has 0 amide bonds. The summed E-state index contributed by atoms with van der Waals surface area (Å²) in [6, 6.07) is 3.92. The van der Waals surface area contributed by atoms with Gasteiger partial charge in [0, 0.05) is 18.7 Å². The summed E-state index contributed by atoms with van der Waals surface area (Å²) < 4.78 is 56.2. The molecule has 0 N–H and O–H groups in total. The van der Waals surface area contributed by atoms with Crippen LogP contribution >= 0.6 is 11.6 Å². The predicted molar refractivity (Wildman–Crippen MR) is 68.2 cm³/mol. The fourth-order valence-electron chi connectivity index (χ4n) is 1.71. The van der Waals surface area contributed by atoms with E-state index >= 15 is 0 Å². The molecular formula is C13H9ClF4N2O. The van der Waals surface area contributed by atoms with Gasteiger partial charge in [-0.2, -0.15) is 13.2 Å². The number of aromatic nitrogens is 2. The van der Waals surface area contributed by atoms with Crippen molar-refractivity contribution in [2.24, 2.45) is 0 Å². The van der Waals surface area contributed by atoms with Crippen LogP contribution in [0.1, 0.15) is 11.4 Å². The highest BCUT2D eigenvalue weighted by Crippen LogP contribution is 2.34. The summed E-state index contributed by atoms with van der Waals surface area (Å²) in [5.74, 6) is -1.12. The molecule has 0 unspecified atom stereocenters. The second-order valence-electron chi connectivity index (χ2n) is 4.12. The molecule has 8 heteroatoms. The number of ether oxygens (including phenoxy) is 1. The molecule has 2 aromatic rings. The van der Waals surface area contributed by atoms with Gasteiger partial charge in [-0.15, -0.1) is 0 Å². The van der Waals surface area contributed by atoms with Crippen LogP contribution < -0.4 is 0 Å². The summed E-state index contributed by atoms with van der Waals surface area (Å²) in [6.07, 6.45) is -4.79. The second kappa shape index (κ2) is 5.95. The number of nitrogens with zero attached hydrogens (tertiary/aromatic N) is 2. The van der Waals surface area contributed by atoms with Crippen molar-refractivity contribution in [2.75, 3.05) is 7.11 Å². The Labute approximate surface area is 122 Å². The van der Waals surface area contributed by atoms with Gasteiger partial charge in [0.1, 0.15) is 17.6 Å². The Morgan fingerprint density at radius 3 is 2.52 bits per heavy atom. The Morgan fingerprint density at radius 1 is 1.19 bits per heavy atom. The maximum atomic E-state index is 13.3. The van der Waals surface area contributed by atoms with E-state index in [-0.39, 0.29) is 28.8 Å². The van der Waals surface area contributed by atoms with Crippen molar-refractivity contribution in [1.29, 1.82) is 0 Å². The van der Waals surface area contributed by atoms with Crippen molar-refractivity contribution in [1.82, 2.24) is 9.97 Å². The zero-order valence-corrected chi connectivity index (χ0v) is 11.5. The fourth-order valence-corrected chi connectivity index (χ4v) is 1.91. The molecule has 0 radical (unpaired) electrons. The predicted octanol–water partition coefficient (Wildman–Crippen LogP) is 4.10. The van der Waals surface area contributed by atoms with Crippen molar-refractivity contribution in [3.05, 3.63) is 46.6 Å². The largest absolute Gasteiger partial charge is 0.419 e. The van der Waals surface area contributed by atoms with Crippen molar-refractivity contribution in [3.63, 3.8) is 0 Å². The Kier molecular flexibility index (Phi) is 4.43. The summed E-state index contributed by atoms with van der Waals surface area (Å²) in [5, 5.41) is 0.0601. The first-order valence-corrected chi connectivity index (χ1v) is 6.08. The van der Waals surface area contributed by atoms with Crippen LogP contribution in [-0.2, 0) is 17.5 Å². The molecule has 0 spiro atoms. The number of rotatable bonds is 3. The van der Waals surface area contributed by atoms with Crippen LogP contribution in [0.15, 0.2) is 24.3 Å². The Hall–Kier alpha value is -1.73. The van der Waals surface area contributed by atoms with Crippen LogP contribution in [0.25, 0.3) is 11.3 Å². The number of methoxy groups -OCH3 is 1. The topological polar surface area (TPSA) is 35.0 Å². The lowest BCUT2D eigenvalue weighted by Crippen LogP contribution is -2.08. The fraction of sp³-hybridized carbons (Fsp3) is 0.231. The molecule has 1 aromatic carbocycles. The van der Waals surface area contributed by atoms with Gasteiger partial charge < -0.3 is 4.74 Å². The van der Waals surface area contributed by atoms with Gasteiger partial charge >= 0.3 is 6.18 Å². The molecule has 0 aliphatic rings. The molecule has 0 fully saturated rings. The minimum Gasteiger partial charge on any atom is -0.377 e. The van der Waals surface area contributed by atoms with Gasteiger partial charge in [0.15, 0.2) is 5.82 Å². The van der Waals surface area contributed by atoms with Crippen molar-refractivity contribution in [3.8, 4) is 11.3 Å². The quantitative estimate of drug-likeness (QED) is 0.631. The molecule has 112 valence electrons. The van der Waals surface area contributed by atoms with Crippen LogP contribution in [0.5, 0.6) is 0 Å². The number of hydrogen-bond acceptors (Lipinski definition) is 3. The Morgan fingerprint density at radius 2 is 1.90 bits per heavy atom. The number of hydrogen-bond donors (Lipinski definition) is 0. The minimum atomic E-state index is -4.79. The van der Waals surface area contributed by atoms with Gasteiger partial charge in [-0.3, -0.25) is 0 Å². The molecule has 0 atom stereocenters. The first kappa shape index (κ1) is 15.7. The molecular weight excluding hydrogens is 312 g/mol. The maximum absolute atomic E-state index is 13.3. The number of halogens is 5. The Bertz CT molecular complexity index is 661. The van der Waals surface area contributed by atoms with Crippen molar-refractivity contribution in [2.45, 2.75) is 12.8 Å². The lowest BCUT2D eigenvalue weighted by Gasteiger charge is -2.10. The van der Waals surface area contributed by atoms with Gasteiger partial charge in [0.05, 0.1) is 11.3 Å². The lowest BCUT2D eigenvalue weighted by molar-refractivity contribution is -0.139. The first-order chi connectivity index (χ1) is 9.81. The van der Waals surface area contributed by atoms with Crippen LogP contribution in [0.3, 0.4) is 0 Å². The third-order valence-electron chi connectivity index (χ3n) is 2.58. The van der Waals surface area contributed by atoms with Gasteiger partial charge in [-0.05, 0) is 18.2 Å². The zero-order valence-electron chi connectivity index (χ0n) is 10.7. The van der Waals surface area contributed by atoms with Gasteiger partial charge in [-0.25, -0.2) is 14.4 Å². The molecule has 1 heterocycles. The van der Waals surface area contributed by atoms with Crippen molar-refractivity contribution >= 4 is 11.6 Å². The summed E-state index contributed by atoms with van der Waals surface area (Å²) in [4.78, 5) is 7.91. The first-order valence-electron chi connectivity index (χ1n) is 5.71. The number of benzene rings is 1. The summed E-state index contributed by atoms with van der Waals surface area (Å²) in [6.45, 7) is 0.0564. The molecule has 0 bridgehead atoms. The molecule has 0 aliphatic carbocycles. The minimum absolute atomic E-state index is 0.0564. The van der Waals surface area contributed by atoms with E-state index in [0.717, 1.165) is 6.07 Å². The second-order valence-corrected chi connectivity index (χ2v) is 4.50. The van der Waals surface area contributed by atoms with E-state index in [1.54, 1.807) is 0 Å². The third kappa shape index (κ3) is 3.68. The SMILES string of the molecule is COCc1nc(Cl)cc(-c2ccc(F)c(C(F)(F)F)c2)n1. The van der Waals surface area contributed by atoms with Gasteiger partial charge in [0.25, 0.3) is 0 Å². The van der Waals surface area contributed by atoms with E-state index < -0.39 is 17.6 Å². The average molecular weight is 321 g/mol. The highest BCUT2D eigenvalue weighted by atomic mass is 35.5. The molecule has 0 saturated heterocycles. The highest BCUT2D eigenvalue weighted by molar-refractivity contribution is 6.29. The molecule has 21 heavy (non-hydrogen) atoms. The van der Waals surface area contributed by atoms with E-state index in [0.29, 0.717) is 6.07 Å². The van der Waals surface area contributed by atoms with E-state index in [4.69, 9.17) is 16.3 Å². The number of alkyl halides is 3. The molecule has 2 rings (SSSR count). The van der Waals surface area contributed by atoms with Crippen LogP contribution in [0, 0.1) is 5.82 Å². The van der Waals surface area contributed by atoms with Gasteiger partial charge in [0.2, 0.25) is 0 Å². The van der Waals surface area contributed by atoms with Crippen LogP contribution in [-0.4, -0.2) is 17.1 Å². The van der Waals surface area contributed by atoms with Gasteiger partial charge in [-0.1, -0.05) is 11.6 Å². The standard InChI is InChI=1S/C13H9ClF4N2O/c1-21-6-12-19-10(5-11(14)20-12)7-2-3-9(15)8(4-7)13(16,17)18/h2-5H,6H2,1H3. The zero-order chi connectivity index (χ0) is 15.6. The van der Waals surface area contributed by atoms with E-state index in [9.17, 15) is 17.6 Å².